The summed E-state index contributed by atoms with van der Waals surface area (Å²) in [4.78, 5) is 4.67. The molecule has 5 aromatic carbocycles. The molecule has 190 valence electrons. The van der Waals surface area contributed by atoms with Gasteiger partial charge in [-0.15, -0.1) is 0 Å². The molecule has 0 unspecified atom stereocenters. The highest BCUT2D eigenvalue weighted by atomic mass is 15.2. The molecule has 0 saturated heterocycles. The molecule has 5 rings (SSSR count). The molecule has 0 fully saturated rings. The molecular weight excluding hydrogens is 460 g/mol. The predicted molar refractivity (Wildman–Crippen MR) is 164 cm³/mol. The molecule has 0 aromatic heterocycles. The van der Waals surface area contributed by atoms with E-state index in [-0.39, 0.29) is 0 Å². The van der Waals surface area contributed by atoms with Crippen LogP contribution in [0.25, 0.3) is 0 Å². The highest BCUT2D eigenvalue weighted by Crippen LogP contribution is 2.39. The Morgan fingerprint density at radius 2 is 0.711 bits per heavy atom. The Balaban J connectivity index is 1.58. The lowest BCUT2D eigenvalue weighted by atomic mass is 10.1. The Morgan fingerprint density at radius 1 is 0.395 bits per heavy atom. The van der Waals surface area contributed by atoms with Gasteiger partial charge in [-0.05, 0) is 122 Å². The molecule has 0 aliphatic rings. The molecule has 38 heavy (non-hydrogen) atoms. The molecule has 2 heteroatoms. The number of hydrogen-bond acceptors (Lipinski definition) is 2. The van der Waals surface area contributed by atoms with E-state index in [1.54, 1.807) is 0 Å². The first-order valence-electron chi connectivity index (χ1n) is 13.6. The molecule has 0 aliphatic heterocycles. The molecule has 0 N–H and O–H groups in total. The molecule has 0 bridgehead atoms. The molecule has 0 saturated carbocycles. The van der Waals surface area contributed by atoms with E-state index in [4.69, 9.17) is 0 Å². The van der Waals surface area contributed by atoms with Gasteiger partial charge in [0.25, 0.3) is 0 Å². The van der Waals surface area contributed by atoms with Gasteiger partial charge in [0.15, 0.2) is 0 Å². The van der Waals surface area contributed by atoms with E-state index in [9.17, 15) is 0 Å². The van der Waals surface area contributed by atoms with Gasteiger partial charge in [-0.25, -0.2) is 0 Å². The van der Waals surface area contributed by atoms with Gasteiger partial charge in [0.05, 0.1) is 0 Å². The van der Waals surface area contributed by atoms with Crippen LogP contribution in [0.1, 0.15) is 36.1 Å². The third kappa shape index (κ3) is 5.50. The fourth-order valence-corrected chi connectivity index (χ4v) is 4.94. The molecule has 5 aromatic rings. The van der Waals surface area contributed by atoms with Crippen LogP contribution in [0.5, 0.6) is 0 Å². The maximum Gasteiger partial charge on any atom is 0.0464 e. The fraction of sp³-hybridized carbons (Fsp3) is 0.167. The first-order valence-corrected chi connectivity index (χ1v) is 13.6. The minimum Gasteiger partial charge on any atom is -0.310 e. The molecular formula is C36H36N2. The molecule has 2 nitrogen and oxygen atoms in total. The van der Waals surface area contributed by atoms with Crippen molar-refractivity contribution in [2.75, 3.05) is 9.80 Å². The van der Waals surface area contributed by atoms with Gasteiger partial charge < -0.3 is 9.80 Å². The highest BCUT2D eigenvalue weighted by molar-refractivity contribution is 5.81. The quantitative estimate of drug-likeness (QED) is 0.211. The average Bonchev–Trinajstić information content (AvgIpc) is 2.95. The van der Waals surface area contributed by atoms with Gasteiger partial charge in [-0.1, -0.05) is 62.4 Å². The van der Waals surface area contributed by atoms with Crippen LogP contribution in [0.15, 0.2) is 121 Å². The van der Waals surface area contributed by atoms with Crippen molar-refractivity contribution in [2.24, 2.45) is 0 Å². The van der Waals surface area contributed by atoms with Crippen LogP contribution in [-0.2, 0) is 12.8 Å². The zero-order chi connectivity index (χ0) is 26.5. The van der Waals surface area contributed by atoms with Crippen molar-refractivity contribution in [3.05, 3.63) is 144 Å². The predicted octanol–water partition coefficient (Wildman–Crippen LogP) is 10.4. The van der Waals surface area contributed by atoms with E-state index in [2.05, 4.69) is 159 Å². The number of hydrogen-bond donors (Lipinski definition) is 0. The number of rotatable bonds is 8. The number of nitrogens with zero attached hydrogens (tertiary/aromatic N) is 2. The van der Waals surface area contributed by atoms with Crippen LogP contribution >= 0.6 is 0 Å². The maximum absolute atomic E-state index is 2.34. The fourth-order valence-electron chi connectivity index (χ4n) is 4.94. The van der Waals surface area contributed by atoms with Crippen LogP contribution in [0.4, 0.5) is 34.1 Å². The Morgan fingerprint density at radius 3 is 1.00 bits per heavy atom. The zero-order valence-corrected chi connectivity index (χ0v) is 22.9. The summed E-state index contributed by atoms with van der Waals surface area (Å²) >= 11 is 0. The van der Waals surface area contributed by atoms with Crippen LogP contribution in [0.2, 0.25) is 0 Å². The van der Waals surface area contributed by atoms with Crippen LogP contribution in [-0.4, -0.2) is 0 Å². The van der Waals surface area contributed by atoms with E-state index in [0.29, 0.717) is 0 Å². The summed E-state index contributed by atoms with van der Waals surface area (Å²) in [5.74, 6) is 0. The topological polar surface area (TPSA) is 6.48 Å². The van der Waals surface area contributed by atoms with E-state index < -0.39 is 0 Å². The smallest absolute Gasteiger partial charge is 0.0464 e. The lowest BCUT2D eigenvalue weighted by Crippen LogP contribution is -2.12. The van der Waals surface area contributed by atoms with Crippen LogP contribution < -0.4 is 9.80 Å². The van der Waals surface area contributed by atoms with Crippen LogP contribution in [0.3, 0.4) is 0 Å². The largest absolute Gasteiger partial charge is 0.310 e. The number of benzene rings is 5. The van der Waals surface area contributed by atoms with Gasteiger partial charge in [0, 0.05) is 34.1 Å². The Kier molecular flexibility index (Phi) is 7.60. The highest BCUT2D eigenvalue weighted by Gasteiger charge is 2.16. The Hall–Kier alpha value is -4.30. The first kappa shape index (κ1) is 25.4. The monoisotopic (exact) mass is 496 g/mol. The van der Waals surface area contributed by atoms with E-state index in [0.717, 1.165) is 47.0 Å². The molecule has 0 heterocycles. The van der Waals surface area contributed by atoms with Crippen molar-refractivity contribution < 1.29 is 0 Å². The summed E-state index contributed by atoms with van der Waals surface area (Å²) < 4.78 is 0. The third-order valence-corrected chi connectivity index (χ3v) is 7.09. The molecule has 0 radical (unpaired) electrons. The maximum atomic E-state index is 2.34. The van der Waals surface area contributed by atoms with Gasteiger partial charge in [0.2, 0.25) is 0 Å². The van der Waals surface area contributed by atoms with Gasteiger partial charge in [-0.3, -0.25) is 0 Å². The van der Waals surface area contributed by atoms with E-state index in [1.807, 2.05) is 0 Å². The van der Waals surface area contributed by atoms with Crippen molar-refractivity contribution in [1.29, 1.82) is 0 Å². The normalized spacial score (nSPS) is 10.8. The summed E-state index contributed by atoms with van der Waals surface area (Å²) in [6.07, 6.45) is 2.07. The third-order valence-electron chi connectivity index (χ3n) is 7.09. The van der Waals surface area contributed by atoms with Crippen LogP contribution in [0, 0.1) is 13.8 Å². The lowest BCUT2D eigenvalue weighted by molar-refractivity contribution is 1.13. The minimum absolute atomic E-state index is 1.04. The second-order valence-electron chi connectivity index (χ2n) is 9.91. The van der Waals surface area contributed by atoms with Crippen molar-refractivity contribution in [2.45, 2.75) is 40.5 Å². The van der Waals surface area contributed by atoms with E-state index >= 15 is 0 Å². The second-order valence-corrected chi connectivity index (χ2v) is 9.91. The molecule has 0 amide bonds. The molecule has 0 atom stereocenters. The Labute approximate surface area is 227 Å². The second kappa shape index (κ2) is 11.4. The number of aryl methyl sites for hydroxylation is 4. The lowest BCUT2D eigenvalue weighted by Gasteiger charge is -2.29. The van der Waals surface area contributed by atoms with Gasteiger partial charge >= 0.3 is 0 Å². The van der Waals surface area contributed by atoms with E-state index in [1.165, 1.54) is 22.3 Å². The van der Waals surface area contributed by atoms with Crippen molar-refractivity contribution in [1.82, 2.24) is 0 Å². The van der Waals surface area contributed by atoms with Crippen molar-refractivity contribution in [3.63, 3.8) is 0 Å². The summed E-state index contributed by atoms with van der Waals surface area (Å²) in [5.41, 5.74) is 12.1. The Bertz CT molecular complexity index is 1370. The average molecular weight is 497 g/mol. The molecule has 0 spiro atoms. The van der Waals surface area contributed by atoms with Gasteiger partial charge in [-0.2, -0.15) is 0 Å². The van der Waals surface area contributed by atoms with Gasteiger partial charge in [0.1, 0.15) is 0 Å². The summed E-state index contributed by atoms with van der Waals surface area (Å²) in [6.45, 7) is 8.69. The summed E-state index contributed by atoms with van der Waals surface area (Å²) in [5, 5.41) is 0. The SMILES string of the molecule is CCc1ccc(N(c2ccc(N(c3ccc(CC)cc3)c3cccc(C)c3)cc2)c2cccc(C)c2)cc1. The first-order chi connectivity index (χ1) is 18.6. The molecule has 0 aliphatic carbocycles. The zero-order valence-electron chi connectivity index (χ0n) is 22.9. The van der Waals surface area contributed by atoms with Crippen molar-refractivity contribution in [3.8, 4) is 0 Å². The number of anilines is 6. The standard InChI is InChI=1S/C36H36N2/c1-5-29-13-17-31(18-14-29)37(35-11-7-9-27(3)25-35)33-21-23-34(24-22-33)38(36-12-8-10-28(4)26-36)32-19-15-30(6-2)16-20-32/h7-26H,5-6H2,1-4H3. The minimum atomic E-state index is 1.04. The summed E-state index contributed by atoms with van der Waals surface area (Å²) in [6, 6.07) is 44.2. The van der Waals surface area contributed by atoms with Crippen molar-refractivity contribution >= 4 is 34.1 Å². The summed E-state index contributed by atoms with van der Waals surface area (Å²) in [7, 11) is 0.